The van der Waals surface area contributed by atoms with Gasteiger partial charge in [0.05, 0.1) is 24.4 Å². The number of ketones is 1. The zero-order valence-corrected chi connectivity index (χ0v) is 31.5. The molecule has 51 heavy (non-hydrogen) atoms. The van der Waals surface area contributed by atoms with Gasteiger partial charge in [-0.05, 0) is 87.9 Å². The normalized spacial score (nSPS) is 58.5. The van der Waals surface area contributed by atoms with Gasteiger partial charge in [0, 0.05) is 63.2 Å². The van der Waals surface area contributed by atoms with Crippen molar-refractivity contribution in [1.82, 2.24) is 0 Å². The quantitative estimate of drug-likeness (QED) is 0.284. The monoisotopic (exact) mass is 716 g/mol. The molecule has 3 spiro atoms. The van der Waals surface area contributed by atoms with E-state index in [9.17, 15) is 4.79 Å². The summed E-state index contributed by atoms with van der Waals surface area (Å²) in [5, 5.41) is 0. The molecule has 3 saturated carbocycles. The maximum absolute atomic E-state index is 12.4. The molecule has 16 atom stereocenters. The highest BCUT2D eigenvalue weighted by Crippen LogP contribution is 2.64. The van der Waals surface area contributed by atoms with Gasteiger partial charge in [-0.25, -0.2) is 19.6 Å². The number of Topliss-reactive ketones (excluding diaryl/α,β-unsaturated/α-hetero) is 1. The molecule has 286 valence electrons. The van der Waals surface area contributed by atoms with Crippen LogP contribution >= 0.6 is 0 Å². The van der Waals surface area contributed by atoms with Crippen LogP contribution in [0.2, 0.25) is 0 Å². The summed E-state index contributed by atoms with van der Waals surface area (Å²) in [5.41, 5.74) is -1.92. The number of hydrogen-bond acceptors (Lipinski definition) is 11. The molecule has 0 radical (unpaired) electrons. The molecule has 11 heteroatoms. The Morgan fingerprint density at radius 2 is 1.10 bits per heavy atom. The van der Waals surface area contributed by atoms with Crippen LogP contribution in [0.5, 0.6) is 0 Å². The fraction of sp³-hybridized carbons (Fsp3) is 0.975. The van der Waals surface area contributed by atoms with Crippen molar-refractivity contribution in [2.45, 2.75) is 190 Å². The van der Waals surface area contributed by atoms with Crippen LogP contribution < -0.4 is 0 Å². The van der Waals surface area contributed by atoms with Gasteiger partial charge in [-0.15, -0.1) is 0 Å². The lowest BCUT2D eigenvalue weighted by molar-refractivity contribution is -0.572. The topological polar surface area (TPSA) is 109 Å². The van der Waals surface area contributed by atoms with Crippen LogP contribution in [0, 0.1) is 47.3 Å². The molecule has 12 rings (SSSR count). The summed E-state index contributed by atoms with van der Waals surface area (Å²) < 4.78 is 41.9. The second kappa shape index (κ2) is 11.6. The summed E-state index contributed by atoms with van der Waals surface area (Å²) in [5.74, 6) is 0.287. The lowest BCUT2D eigenvalue weighted by Crippen LogP contribution is -2.71. The van der Waals surface area contributed by atoms with Crippen molar-refractivity contribution in [2.24, 2.45) is 47.3 Å². The molecule has 4 bridgehead atoms. The molecule has 0 aromatic carbocycles. The zero-order chi connectivity index (χ0) is 35.2. The van der Waals surface area contributed by atoms with Gasteiger partial charge < -0.3 is 28.4 Å². The lowest BCUT2D eigenvalue weighted by Gasteiger charge is -2.61. The van der Waals surface area contributed by atoms with Gasteiger partial charge >= 0.3 is 0 Å². The van der Waals surface area contributed by atoms with Crippen LogP contribution in [-0.4, -0.2) is 71.3 Å². The Hall–Kier alpha value is -0.730. The lowest BCUT2D eigenvalue weighted by atomic mass is 9.56. The second-order valence-corrected chi connectivity index (χ2v) is 19.3. The van der Waals surface area contributed by atoms with Crippen molar-refractivity contribution in [3.05, 3.63) is 0 Å². The Kier molecular flexibility index (Phi) is 7.93. The average molecular weight is 717 g/mol. The van der Waals surface area contributed by atoms with E-state index in [2.05, 4.69) is 27.7 Å². The van der Waals surface area contributed by atoms with Crippen LogP contribution in [0.4, 0.5) is 0 Å². The van der Waals surface area contributed by atoms with Crippen molar-refractivity contribution in [3.63, 3.8) is 0 Å². The van der Waals surface area contributed by atoms with Crippen LogP contribution in [0.3, 0.4) is 0 Å². The maximum atomic E-state index is 12.4. The molecule has 12 fully saturated rings. The molecule has 0 amide bonds. The highest BCUT2D eigenvalue weighted by atomic mass is 17.3. The third kappa shape index (κ3) is 5.01. The van der Waals surface area contributed by atoms with E-state index in [4.69, 9.17) is 48.0 Å². The standard InChI is InChI=1S/C40H60O11/c1-22-7-9-29-24(3)31(43-33-39(29)27(22)13-15-35(5,45-33)48-50-39)19-37(21-42-38(47-37)17-11-26(41)12-18-38)20-32-25(4)30-10-8-23(2)28-14-16-36(6)46-34(44-32)40(28,30)51-49-36/h22-25,27-34H,7-21H2,1-6H3/t22-,23-,24-,25-,27+,28+,29+,30+,31-,32-,33-,34-,35+,36+,39-,40-/m1/s1. The number of carbonyl (C=O) groups is 1. The predicted octanol–water partition coefficient (Wildman–Crippen LogP) is 6.89. The highest BCUT2D eigenvalue weighted by Gasteiger charge is 2.72. The van der Waals surface area contributed by atoms with Crippen LogP contribution in [-0.2, 0) is 52.8 Å². The van der Waals surface area contributed by atoms with Crippen LogP contribution in [0.1, 0.15) is 131 Å². The summed E-state index contributed by atoms with van der Waals surface area (Å²) >= 11 is 0. The van der Waals surface area contributed by atoms with E-state index in [1.807, 2.05) is 13.8 Å². The molecule has 11 nitrogen and oxygen atoms in total. The first-order valence-corrected chi connectivity index (χ1v) is 20.6. The predicted molar refractivity (Wildman–Crippen MR) is 179 cm³/mol. The molecular formula is C40H60O11. The van der Waals surface area contributed by atoms with Gasteiger partial charge in [0.25, 0.3) is 0 Å². The maximum Gasteiger partial charge on any atom is 0.201 e. The van der Waals surface area contributed by atoms with Crippen LogP contribution in [0.15, 0.2) is 0 Å². The molecule has 0 aromatic rings. The van der Waals surface area contributed by atoms with E-state index in [-0.39, 0.29) is 41.7 Å². The Bertz CT molecular complexity index is 1320. The highest BCUT2D eigenvalue weighted by molar-refractivity contribution is 5.79. The largest absolute Gasteiger partial charge is 0.347 e. The number of ether oxygens (including phenoxy) is 6. The van der Waals surface area contributed by atoms with Crippen molar-refractivity contribution in [2.75, 3.05) is 6.61 Å². The number of fused-ring (bicyclic) bond motifs is 4. The SMILES string of the molecule is C[C@H]1[C@@H](CC2(C[C@H]3O[C@@H]4O[C@]5(C)CC[C@H]6[C@H](C)CC[C@@H]([C@H]3C)[C@@]46OO5)COC3(CCC(=O)CC3)O2)O[C@@H]2O[C@]3(C)CC[C@H]4[C@H](C)CC[C@@H]1[C@@]24OO3. The fourth-order valence-electron chi connectivity index (χ4n) is 13.3. The number of hydrogen-bond donors (Lipinski definition) is 0. The molecule has 9 aliphatic heterocycles. The van der Waals surface area contributed by atoms with Gasteiger partial charge in [0.1, 0.15) is 5.78 Å². The van der Waals surface area contributed by atoms with Gasteiger partial charge in [0.15, 0.2) is 29.6 Å². The number of carbonyl (C=O) groups excluding carboxylic acids is 1. The first-order valence-electron chi connectivity index (χ1n) is 20.6. The van der Waals surface area contributed by atoms with Gasteiger partial charge in [0.2, 0.25) is 11.6 Å². The minimum absolute atomic E-state index is 0.152. The van der Waals surface area contributed by atoms with E-state index < -0.39 is 46.7 Å². The second-order valence-electron chi connectivity index (χ2n) is 19.3. The Morgan fingerprint density at radius 3 is 1.59 bits per heavy atom. The molecule has 0 N–H and O–H groups in total. The first-order chi connectivity index (χ1) is 24.3. The number of rotatable bonds is 4. The van der Waals surface area contributed by atoms with E-state index >= 15 is 0 Å². The van der Waals surface area contributed by atoms with Gasteiger partial charge in [-0.2, -0.15) is 0 Å². The molecule has 12 aliphatic rings. The minimum atomic E-state index is -0.830. The van der Waals surface area contributed by atoms with Crippen LogP contribution in [0.25, 0.3) is 0 Å². The third-order valence-electron chi connectivity index (χ3n) is 16.3. The van der Waals surface area contributed by atoms with Gasteiger partial charge in [-0.3, -0.25) is 4.79 Å². The molecule has 9 saturated heterocycles. The first kappa shape index (κ1) is 34.7. The molecule has 3 aliphatic carbocycles. The smallest absolute Gasteiger partial charge is 0.201 e. The summed E-state index contributed by atoms with van der Waals surface area (Å²) in [7, 11) is 0. The van der Waals surface area contributed by atoms with Crippen molar-refractivity contribution in [3.8, 4) is 0 Å². The molecule has 0 unspecified atom stereocenters. The summed E-state index contributed by atoms with van der Waals surface area (Å²) in [6.45, 7) is 13.8. The Balaban J connectivity index is 0.978. The Labute approximate surface area is 302 Å². The van der Waals surface area contributed by atoms with Gasteiger partial charge in [-0.1, -0.05) is 27.7 Å². The van der Waals surface area contributed by atoms with E-state index in [0.29, 0.717) is 68.8 Å². The van der Waals surface area contributed by atoms with E-state index in [1.54, 1.807) is 0 Å². The fourth-order valence-corrected chi connectivity index (χ4v) is 13.3. The van der Waals surface area contributed by atoms with Crippen molar-refractivity contribution >= 4 is 5.78 Å². The molecule has 0 aromatic heterocycles. The molecular weight excluding hydrogens is 656 g/mol. The zero-order valence-electron chi connectivity index (χ0n) is 31.5. The summed E-state index contributed by atoms with van der Waals surface area (Å²) in [6, 6.07) is 0. The van der Waals surface area contributed by atoms with E-state index in [0.717, 1.165) is 51.4 Å². The summed E-state index contributed by atoms with van der Waals surface area (Å²) in [4.78, 5) is 37.6. The van der Waals surface area contributed by atoms with Crippen molar-refractivity contribution in [1.29, 1.82) is 0 Å². The molecule has 9 heterocycles. The van der Waals surface area contributed by atoms with E-state index in [1.165, 1.54) is 0 Å². The average Bonchev–Trinajstić information content (AvgIpc) is 3.21. The Morgan fingerprint density at radius 1 is 0.608 bits per heavy atom. The summed E-state index contributed by atoms with van der Waals surface area (Å²) in [6.07, 6.45) is 10.0. The van der Waals surface area contributed by atoms with Crippen molar-refractivity contribution < 1.29 is 52.8 Å². The minimum Gasteiger partial charge on any atom is -0.347 e. The third-order valence-corrected chi connectivity index (χ3v) is 16.3.